The van der Waals surface area contributed by atoms with Gasteiger partial charge in [-0.2, -0.15) is 4.98 Å². The number of para-hydroxylation sites is 1. The Morgan fingerprint density at radius 2 is 1.75 bits per heavy atom. The zero-order valence-electron chi connectivity index (χ0n) is 18.7. The molecular weight excluding hydrogens is 515 g/mol. The highest BCUT2D eigenvalue weighted by Crippen LogP contribution is 2.18. The van der Waals surface area contributed by atoms with Crippen molar-refractivity contribution in [2.75, 3.05) is 44.7 Å². The number of nitrogens with zero attached hydrogens (tertiary/aromatic N) is 5. The number of hydrogen-bond donors (Lipinski definition) is 1. The van der Waals surface area contributed by atoms with E-state index in [9.17, 15) is 0 Å². The highest BCUT2D eigenvalue weighted by atomic mass is 127. The molecule has 7 nitrogen and oxygen atoms in total. The average molecular weight is 546 g/mol. The van der Waals surface area contributed by atoms with E-state index < -0.39 is 0 Å². The van der Waals surface area contributed by atoms with Crippen molar-refractivity contribution >= 4 is 35.6 Å². The fraction of sp³-hybridized carbons (Fsp3) is 0.375. The largest absolute Gasteiger partial charge is 0.368 e. The van der Waals surface area contributed by atoms with E-state index in [0.29, 0.717) is 5.89 Å². The Bertz CT molecular complexity index is 981. The fourth-order valence-corrected chi connectivity index (χ4v) is 3.79. The normalized spacial score (nSPS) is 14.2. The topological polar surface area (TPSA) is 69.8 Å². The van der Waals surface area contributed by atoms with Gasteiger partial charge in [0, 0.05) is 57.4 Å². The zero-order chi connectivity index (χ0) is 21.5. The predicted octanol–water partition coefficient (Wildman–Crippen LogP) is 3.86. The number of anilines is 1. The minimum absolute atomic E-state index is 0. The minimum Gasteiger partial charge on any atom is -0.368 e. The lowest BCUT2D eigenvalue weighted by Crippen LogP contribution is -2.52. The van der Waals surface area contributed by atoms with Crippen LogP contribution < -0.4 is 10.2 Å². The number of hydrogen-bond acceptors (Lipinski definition) is 5. The SMILES string of the molecule is CCc1noc(-c2ccc(CCNC(=NC)N3CCN(c4ccccc4)CC3)cc2)n1.I. The first kappa shape index (κ1) is 24.0. The van der Waals surface area contributed by atoms with Gasteiger partial charge in [0.15, 0.2) is 11.8 Å². The standard InChI is InChI=1S/C24H30N6O.HI/c1-3-22-27-23(31-28-22)20-11-9-19(10-12-20)13-14-26-24(25-2)30-17-15-29(16-18-30)21-7-5-4-6-8-21;/h4-12H,3,13-18H2,1-2H3,(H,25,26);1H. The van der Waals surface area contributed by atoms with E-state index in [-0.39, 0.29) is 24.0 Å². The number of aromatic nitrogens is 2. The summed E-state index contributed by atoms with van der Waals surface area (Å²) >= 11 is 0. The summed E-state index contributed by atoms with van der Waals surface area (Å²) in [6.07, 6.45) is 1.70. The number of nitrogens with one attached hydrogen (secondary N) is 1. The molecule has 32 heavy (non-hydrogen) atoms. The summed E-state index contributed by atoms with van der Waals surface area (Å²) in [4.78, 5) is 13.6. The van der Waals surface area contributed by atoms with Gasteiger partial charge in [0.1, 0.15) is 0 Å². The number of aryl methyl sites for hydroxylation is 1. The minimum atomic E-state index is 0. The van der Waals surface area contributed by atoms with Crippen LogP contribution in [0.2, 0.25) is 0 Å². The Kier molecular flexibility index (Phi) is 8.90. The van der Waals surface area contributed by atoms with E-state index >= 15 is 0 Å². The quantitative estimate of drug-likeness (QED) is 0.288. The zero-order valence-corrected chi connectivity index (χ0v) is 21.0. The summed E-state index contributed by atoms with van der Waals surface area (Å²) in [5, 5.41) is 7.48. The van der Waals surface area contributed by atoms with E-state index in [1.165, 1.54) is 11.3 Å². The fourth-order valence-electron chi connectivity index (χ4n) is 3.79. The summed E-state index contributed by atoms with van der Waals surface area (Å²) in [7, 11) is 1.86. The molecule has 4 rings (SSSR count). The van der Waals surface area contributed by atoms with Crippen molar-refractivity contribution in [3.8, 4) is 11.5 Å². The maximum absolute atomic E-state index is 5.31. The Morgan fingerprint density at radius 1 is 1.03 bits per heavy atom. The van der Waals surface area contributed by atoms with Crippen LogP contribution in [0.25, 0.3) is 11.5 Å². The molecule has 1 N–H and O–H groups in total. The van der Waals surface area contributed by atoms with Gasteiger partial charge in [0.2, 0.25) is 0 Å². The lowest BCUT2D eigenvalue weighted by Gasteiger charge is -2.37. The molecule has 0 unspecified atom stereocenters. The van der Waals surface area contributed by atoms with Gasteiger partial charge in [0.25, 0.3) is 5.89 Å². The van der Waals surface area contributed by atoms with Crippen molar-refractivity contribution in [3.05, 3.63) is 66.0 Å². The number of benzene rings is 2. The van der Waals surface area contributed by atoms with Crippen LogP contribution in [-0.4, -0.2) is 60.8 Å². The van der Waals surface area contributed by atoms with Gasteiger partial charge in [-0.3, -0.25) is 4.99 Å². The van der Waals surface area contributed by atoms with Crippen molar-refractivity contribution < 1.29 is 4.52 Å². The predicted molar refractivity (Wildman–Crippen MR) is 140 cm³/mol. The molecular formula is C24H31IN6O. The van der Waals surface area contributed by atoms with Crippen molar-refractivity contribution in [1.82, 2.24) is 20.4 Å². The first-order valence-corrected chi connectivity index (χ1v) is 10.9. The van der Waals surface area contributed by atoms with E-state index in [2.05, 4.69) is 72.7 Å². The number of guanidine groups is 1. The van der Waals surface area contributed by atoms with Gasteiger partial charge in [-0.25, -0.2) is 0 Å². The third kappa shape index (κ3) is 5.99. The van der Waals surface area contributed by atoms with Crippen LogP contribution in [0.15, 0.2) is 64.1 Å². The Hall–Kier alpha value is -2.62. The summed E-state index contributed by atoms with van der Waals surface area (Å²) in [5.41, 5.74) is 3.51. The van der Waals surface area contributed by atoms with Crippen LogP contribution in [0.3, 0.4) is 0 Å². The second kappa shape index (κ2) is 11.8. The van der Waals surface area contributed by atoms with Crippen LogP contribution in [0, 0.1) is 0 Å². The Balaban J connectivity index is 0.00000289. The van der Waals surface area contributed by atoms with Gasteiger partial charge in [-0.05, 0) is 36.2 Å². The van der Waals surface area contributed by atoms with Crippen molar-refractivity contribution in [3.63, 3.8) is 0 Å². The first-order valence-electron chi connectivity index (χ1n) is 10.9. The van der Waals surface area contributed by atoms with Gasteiger partial charge in [-0.15, -0.1) is 24.0 Å². The van der Waals surface area contributed by atoms with Gasteiger partial charge in [0.05, 0.1) is 0 Å². The molecule has 1 aromatic heterocycles. The van der Waals surface area contributed by atoms with Gasteiger partial charge in [-0.1, -0.05) is 42.4 Å². The molecule has 0 bridgehead atoms. The molecule has 2 heterocycles. The number of halogens is 1. The molecule has 0 radical (unpaired) electrons. The molecule has 0 atom stereocenters. The molecule has 1 aliphatic heterocycles. The summed E-state index contributed by atoms with van der Waals surface area (Å²) in [5.74, 6) is 2.29. The molecule has 1 saturated heterocycles. The van der Waals surface area contributed by atoms with E-state index in [4.69, 9.17) is 4.52 Å². The third-order valence-electron chi connectivity index (χ3n) is 5.59. The molecule has 0 aliphatic carbocycles. The van der Waals surface area contributed by atoms with Crippen molar-refractivity contribution in [2.24, 2.45) is 4.99 Å². The number of piperazine rings is 1. The third-order valence-corrected chi connectivity index (χ3v) is 5.59. The molecule has 1 fully saturated rings. The summed E-state index contributed by atoms with van der Waals surface area (Å²) < 4.78 is 5.31. The molecule has 0 saturated carbocycles. The van der Waals surface area contributed by atoms with Crippen LogP contribution in [0.4, 0.5) is 5.69 Å². The van der Waals surface area contributed by atoms with Crippen LogP contribution >= 0.6 is 24.0 Å². The number of aliphatic imine (C=N–C) groups is 1. The van der Waals surface area contributed by atoms with E-state index in [1.54, 1.807) is 0 Å². The molecule has 0 amide bonds. The Labute approximate surface area is 206 Å². The van der Waals surface area contributed by atoms with Crippen LogP contribution in [-0.2, 0) is 12.8 Å². The number of rotatable bonds is 6. The van der Waals surface area contributed by atoms with E-state index in [1.807, 2.05) is 26.1 Å². The molecule has 8 heteroatoms. The van der Waals surface area contributed by atoms with E-state index in [0.717, 1.165) is 62.9 Å². The molecule has 3 aromatic rings. The second-order valence-electron chi connectivity index (χ2n) is 7.60. The maximum Gasteiger partial charge on any atom is 0.257 e. The van der Waals surface area contributed by atoms with Gasteiger partial charge < -0.3 is 19.6 Å². The van der Waals surface area contributed by atoms with Gasteiger partial charge >= 0.3 is 0 Å². The lowest BCUT2D eigenvalue weighted by molar-refractivity contribution is 0.373. The van der Waals surface area contributed by atoms with Crippen molar-refractivity contribution in [2.45, 2.75) is 19.8 Å². The Morgan fingerprint density at radius 3 is 2.38 bits per heavy atom. The smallest absolute Gasteiger partial charge is 0.257 e. The highest BCUT2D eigenvalue weighted by Gasteiger charge is 2.19. The molecule has 2 aromatic carbocycles. The van der Waals surface area contributed by atoms with Crippen LogP contribution in [0.1, 0.15) is 18.3 Å². The second-order valence-corrected chi connectivity index (χ2v) is 7.60. The summed E-state index contributed by atoms with van der Waals surface area (Å²) in [6.45, 7) is 6.79. The monoisotopic (exact) mass is 546 g/mol. The highest BCUT2D eigenvalue weighted by molar-refractivity contribution is 14.0. The average Bonchev–Trinajstić information content (AvgIpc) is 3.32. The molecule has 0 spiro atoms. The van der Waals surface area contributed by atoms with Crippen molar-refractivity contribution in [1.29, 1.82) is 0 Å². The maximum atomic E-state index is 5.31. The first-order chi connectivity index (χ1) is 15.3. The molecule has 170 valence electrons. The lowest BCUT2D eigenvalue weighted by atomic mass is 10.1. The molecule has 1 aliphatic rings. The summed E-state index contributed by atoms with van der Waals surface area (Å²) in [6, 6.07) is 18.9. The van der Waals surface area contributed by atoms with Crippen LogP contribution in [0.5, 0.6) is 0 Å².